The highest BCUT2D eigenvalue weighted by atomic mass is 79.9. The lowest BCUT2D eigenvalue weighted by Crippen LogP contribution is -2.18. The van der Waals surface area contributed by atoms with Gasteiger partial charge in [-0.25, -0.2) is 9.18 Å². The van der Waals surface area contributed by atoms with Crippen molar-refractivity contribution in [1.82, 2.24) is 0 Å². The van der Waals surface area contributed by atoms with Crippen molar-refractivity contribution in [2.75, 3.05) is 13.2 Å². The second-order valence-corrected chi connectivity index (χ2v) is 4.37. The lowest BCUT2D eigenvalue weighted by atomic mass is 10.2. The highest BCUT2D eigenvalue weighted by Crippen LogP contribution is 2.20. The molecule has 1 aromatic rings. The maximum absolute atomic E-state index is 12.8. The monoisotopic (exact) mass is 288 g/mol. The van der Waals surface area contributed by atoms with Crippen molar-refractivity contribution in [2.45, 2.75) is 12.5 Å². The van der Waals surface area contributed by atoms with Gasteiger partial charge in [-0.15, -0.1) is 0 Å². The zero-order chi connectivity index (χ0) is 11.5. The van der Waals surface area contributed by atoms with Crippen LogP contribution in [-0.4, -0.2) is 25.3 Å². The number of benzene rings is 1. The lowest BCUT2D eigenvalue weighted by molar-refractivity contribution is 0.0269. The third-order valence-corrected chi connectivity index (χ3v) is 2.97. The molecule has 1 fully saturated rings. The Morgan fingerprint density at radius 1 is 1.56 bits per heavy atom. The summed E-state index contributed by atoms with van der Waals surface area (Å²) in [6.07, 6.45) is 0.523. The molecular weight excluding hydrogens is 279 g/mol. The Balaban J connectivity index is 2.08. The predicted octanol–water partition coefficient (Wildman–Crippen LogP) is 2.53. The fourth-order valence-electron chi connectivity index (χ4n) is 1.48. The molecule has 1 aliphatic heterocycles. The first kappa shape index (κ1) is 11.5. The molecule has 1 aliphatic rings. The molecular formula is C11H10BrFO3. The van der Waals surface area contributed by atoms with Gasteiger partial charge in [-0.05, 0) is 34.1 Å². The van der Waals surface area contributed by atoms with Crippen LogP contribution >= 0.6 is 15.9 Å². The molecule has 0 saturated carbocycles. The molecule has 1 saturated heterocycles. The summed E-state index contributed by atoms with van der Waals surface area (Å²) in [4.78, 5) is 11.7. The van der Waals surface area contributed by atoms with Gasteiger partial charge in [0.2, 0.25) is 0 Å². The van der Waals surface area contributed by atoms with Crippen molar-refractivity contribution in [3.63, 3.8) is 0 Å². The highest BCUT2D eigenvalue weighted by Gasteiger charge is 2.22. The molecule has 86 valence electrons. The normalized spacial score (nSPS) is 19.8. The summed E-state index contributed by atoms with van der Waals surface area (Å²) in [5, 5.41) is 0. The number of carbonyl (C=O) groups excluding carboxylic acids is 1. The molecule has 3 nitrogen and oxygen atoms in total. The SMILES string of the molecule is O=C(O[C@H]1CCOC1)c1ccc(F)cc1Br. The van der Waals surface area contributed by atoms with Crippen molar-refractivity contribution in [3.8, 4) is 0 Å². The van der Waals surface area contributed by atoms with Crippen molar-refractivity contribution in [3.05, 3.63) is 34.1 Å². The van der Waals surface area contributed by atoms with Crippen molar-refractivity contribution >= 4 is 21.9 Å². The first-order valence-electron chi connectivity index (χ1n) is 4.90. The fraction of sp³-hybridized carbons (Fsp3) is 0.364. The van der Waals surface area contributed by atoms with Gasteiger partial charge in [-0.2, -0.15) is 0 Å². The van der Waals surface area contributed by atoms with Crippen LogP contribution in [0.2, 0.25) is 0 Å². The van der Waals surface area contributed by atoms with Gasteiger partial charge in [-0.3, -0.25) is 0 Å². The van der Waals surface area contributed by atoms with Gasteiger partial charge in [0.1, 0.15) is 11.9 Å². The maximum atomic E-state index is 12.8. The van der Waals surface area contributed by atoms with Crippen LogP contribution in [0.15, 0.2) is 22.7 Å². The summed E-state index contributed by atoms with van der Waals surface area (Å²) >= 11 is 3.13. The standard InChI is InChI=1S/C11H10BrFO3/c12-10-5-7(13)1-2-9(10)11(14)16-8-3-4-15-6-8/h1-2,5,8H,3-4,6H2/t8-/m0/s1. The predicted molar refractivity (Wildman–Crippen MR) is 58.7 cm³/mol. The van der Waals surface area contributed by atoms with E-state index in [-0.39, 0.29) is 6.10 Å². The van der Waals surface area contributed by atoms with Crippen molar-refractivity contribution in [2.24, 2.45) is 0 Å². The number of halogens is 2. The van der Waals surface area contributed by atoms with Crippen LogP contribution in [0.1, 0.15) is 16.8 Å². The van der Waals surface area contributed by atoms with Gasteiger partial charge in [0.05, 0.1) is 18.8 Å². The molecule has 1 heterocycles. The molecule has 2 rings (SSSR count). The van der Waals surface area contributed by atoms with E-state index in [4.69, 9.17) is 9.47 Å². The molecule has 0 radical (unpaired) electrons. The van der Waals surface area contributed by atoms with Gasteiger partial charge in [0, 0.05) is 10.9 Å². The van der Waals surface area contributed by atoms with Crippen LogP contribution < -0.4 is 0 Å². The number of carbonyl (C=O) groups is 1. The van der Waals surface area contributed by atoms with E-state index >= 15 is 0 Å². The summed E-state index contributed by atoms with van der Waals surface area (Å²) in [6.45, 7) is 1.05. The van der Waals surface area contributed by atoms with E-state index in [1.54, 1.807) is 0 Å². The minimum atomic E-state index is -0.456. The average molecular weight is 289 g/mol. The Labute approximate surface area is 101 Å². The summed E-state index contributed by atoms with van der Waals surface area (Å²) < 4.78 is 23.5. The van der Waals surface area contributed by atoms with E-state index in [0.29, 0.717) is 29.7 Å². The highest BCUT2D eigenvalue weighted by molar-refractivity contribution is 9.10. The Bertz CT molecular complexity index is 402. The second-order valence-electron chi connectivity index (χ2n) is 3.52. The van der Waals surface area contributed by atoms with E-state index in [1.165, 1.54) is 18.2 Å². The van der Waals surface area contributed by atoms with Gasteiger partial charge < -0.3 is 9.47 Å². The summed E-state index contributed by atoms with van der Waals surface area (Å²) in [7, 11) is 0. The molecule has 0 bridgehead atoms. The molecule has 16 heavy (non-hydrogen) atoms. The quantitative estimate of drug-likeness (QED) is 0.785. The van der Waals surface area contributed by atoms with Crippen LogP contribution in [0.3, 0.4) is 0 Å². The van der Waals surface area contributed by atoms with E-state index in [0.717, 1.165) is 0 Å². The smallest absolute Gasteiger partial charge is 0.339 e. The lowest BCUT2D eigenvalue weighted by Gasteiger charge is -2.10. The molecule has 0 spiro atoms. The summed E-state index contributed by atoms with van der Waals surface area (Å²) in [5.74, 6) is -0.852. The minimum Gasteiger partial charge on any atom is -0.456 e. The largest absolute Gasteiger partial charge is 0.456 e. The van der Waals surface area contributed by atoms with Crippen LogP contribution in [0.4, 0.5) is 4.39 Å². The number of hydrogen-bond donors (Lipinski definition) is 0. The van der Waals surface area contributed by atoms with Gasteiger partial charge in [-0.1, -0.05) is 0 Å². The number of esters is 1. The van der Waals surface area contributed by atoms with Crippen LogP contribution in [0.5, 0.6) is 0 Å². The third-order valence-electron chi connectivity index (χ3n) is 2.31. The first-order chi connectivity index (χ1) is 7.66. The summed E-state index contributed by atoms with van der Waals surface area (Å²) in [5.41, 5.74) is 0.327. The second kappa shape index (κ2) is 4.93. The fourth-order valence-corrected chi connectivity index (χ4v) is 1.99. The molecule has 0 N–H and O–H groups in total. The minimum absolute atomic E-state index is 0.190. The van der Waals surface area contributed by atoms with Crippen LogP contribution in [0.25, 0.3) is 0 Å². The van der Waals surface area contributed by atoms with E-state index < -0.39 is 11.8 Å². The average Bonchev–Trinajstić information content (AvgIpc) is 2.70. The van der Waals surface area contributed by atoms with E-state index in [2.05, 4.69) is 15.9 Å². The van der Waals surface area contributed by atoms with Crippen LogP contribution in [0, 0.1) is 5.82 Å². The molecule has 1 atom stereocenters. The summed E-state index contributed by atoms with van der Waals surface area (Å²) in [6, 6.07) is 3.87. The van der Waals surface area contributed by atoms with Gasteiger partial charge >= 0.3 is 5.97 Å². The Hall–Kier alpha value is -0.940. The maximum Gasteiger partial charge on any atom is 0.339 e. The van der Waals surface area contributed by atoms with E-state index in [9.17, 15) is 9.18 Å². The van der Waals surface area contributed by atoms with Crippen molar-refractivity contribution < 1.29 is 18.7 Å². The van der Waals surface area contributed by atoms with Crippen LogP contribution in [-0.2, 0) is 9.47 Å². The molecule has 0 unspecified atom stereocenters. The third kappa shape index (κ3) is 2.59. The van der Waals surface area contributed by atoms with Gasteiger partial charge in [0.15, 0.2) is 0 Å². The van der Waals surface area contributed by atoms with Crippen molar-refractivity contribution in [1.29, 1.82) is 0 Å². The first-order valence-corrected chi connectivity index (χ1v) is 5.70. The number of rotatable bonds is 2. The Morgan fingerprint density at radius 3 is 3.00 bits per heavy atom. The van der Waals surface area contributed by atoms with E-state index in [1.807, 2.05) is 0 Å². The molecule has 0 amide bonds. The topological polar surface area (TPSA) is 35.5 Å². The molecule has 0 aromatic heterocycles. The zero-order valence-electron chi connectivity index (χ0n) is 8.41. The molecule has 1 aromatic carbocycles. The molecule has 0 aliphatic carbocycles. The Morgan fingerprint density at radius 2 is 2.38 bits per heavy atom. The number of hydrogen-bond acceptors (Lipinski definition) is 3. The zero-order valence-corrected chi connectivity index (χ0v) is 10.00. The Kier molecular flexibility index (Phi) is 3.56. The number of ether oxygens (including phenoxy) is 2. The molecule has 5 heteroatoms. The van der Waals surface area contributed by atoms with Gasteiger partial charge in [0.25, 0.3) is 0 Å².